The lowest BCUT2D eigenvalue weighted by atomic mass is 9.49. The van der Waals surface area contributed by atoms with Gasteiger partial charge in [0.15, 0.2) is 0 Å². The molecule has 2 fully saturated rings. The van der Waals surface area contributed by atoms with Gasteiger partial charge in [-0.05, 0) is 37.0 Å². The molecule has 0 aromatic heterocycles. The highest BCUT2D eigenvalue weighted by molar-refractivity contribution is 4.99. The van der Waals surface area contributed by atoms with Crippen LogP contribution in [0.25, 0.3) is 0 Å². The van der Waals surface area contributed by atoms with Gasteiger partial charge in [-0.2, -0.15) is 0 Å². The van der Waals surface area contributed by atoms with E-state index in [4.69, 9.17) is 0 Å². The molecule has 2 aliphatic rings. The second kappa shape index (κ2) is 3.60. The summed E-state index contributed by atoms with van der Waals surface area (Å²) in [5.41, 5.74) is 0.911. The van der Waals surface area contributed by atoms with Crippen molar-refractivity contribution in [1.82, 2.24) is 0 Å². The highest BCUT2D eigenvalue weighted by Gasteiger charge is 2.49. The van der Waals surface area contributed by atoms with Crippen LogP contribution in [0.3, 0.4) is 0 Å². The van der Waals surface area contributed by atoms with Crippen LogP contribution in [0, 0.1) is 11.3 Å². The molecule has 0 aliphatic heterocycles. The first-order chi connectivity index (χ1) is 5.37. The van der Waals surface area contributed by atoms with Crippen molar-refractivity contribution in [3.05, 3.63) is 0 Å². The Labute approximate surface area is 71.4 Å². The molecule has 0 N–H and O–H groups in total. The van der Waals surface area contributed by atoms with E-state index in [9.17, 15) is 0 Å². The Morgan fingerprint density at radius 1 is 1.18 bits per heavy atom. The predicted octanol–water partition coefficient (Wildman–Crippen LogP) is 4.00. The van der Waals surface area contributed by atoms with E-state index < -0.39 is 0 Å². The number of hydrogen-bond acceptors (Lipinski definition) is 0. The van der Waals surface area contributed by atoms with Crippen LogP contribution in [0.5, 0.6) is 0 Å². The fourth-order valence-corrected chi connectivity index (χ4v) is 2.68. The Bertz CT molecular complexity index is 104. The molecule has 2 saturated carbocycles. The van der Waals surface area contributed by atoms with Gasteiger partial charge in [0.05, 0.1) is 0 Å². The second-order valence-corrected chi connectivity index (χ2v) is 3.86. The van der Waals surface area contributed by atoms with Crippen LogP contribution in [-0.4, -0.2) is 0 Å². The Morgan fingerprint density at radius 3 is 1.91 bits per heavy atom. The van der Waals surface area contributed by atoms with E-state index in [2.05, 4.69) is 6.92 Å². The van der Waals surface area contributed by atoms with E-state index in [0.29, 0.717) is 0 Å². The number of rotatable bonds is 1. The maximum Gasteiger partial charge on any atom is -0.0269 e. The third-order valence-electron chi connectivity index (χ3n) is 3.70. The van der Waals surface area contributed by atoms with Crippen molar-refractivity contribution in [2.24, 2.45) is 11.3 Å². The molecular formula is C11H22. The molecule has 0 nitrogen and oxygen atoms in total. The molecular weight excluding hydrogens is 132 g/mol. The SMILES string of the molecule is CC.CCC1CCC12CCC2. The molecule has 0 aromatic rings. The highest BCUT2D eigenvalue weighted by Crippen LogP contribution is 2.60. The van der Waals surface area contributed by atoms with Crippen LogP contribution < -0.4 is 0 Å². The summed E-state index contributed by atoms with van der Waals surface area (Å²) in [6, 6.07) is 0. The molecule has 0 bridgehead atoms. The van der Waals surface area contributed by atoms with Crippen molar-refractivity contribution in [3.8, 4) is 0 Å². The molecule has 66 valence electrons. The summed E-state index contributed by atoms with van der Waals surface area (Å²) in [6.45, 7) is 6.35. The maximum absolute atomic E-state index is 2.35. The van der Waals surface area contributed by atoms with Crippen LogP contribution in [0.1, 0.15) is 59.3 Å². The van der Waals surface area contributed by atoms with Crippen LogP contribution in [0.15, 0.2) is 0 Å². The lowest BCUT2D eigenvalue weighted by molar-refractivity contribution is -0.0502. The molecule has 1 spiro atoms. The molecule has 1 unspecified atom stereocenters. The van der Waals surface area contributed by atoms with Crippen molar-refractivity contribution in [2.75, 3.05) is 0 Å². The molecule has 11 heavy (non-hydrogen) atoms. The van der Waals surface area contributed by atoms with Gasteiger partial charge in [0, 0.05) is 0 Å². The lowest BCUT2D eigenvalue weighted by Crippen LogP contribution is -2.45. The fourth-order valence-electron chi connectivity index (χ4n) is 2.68. The van der Waals surface area contributed by atoms with Gasteiger partial charge in [0.25, 0.3) is 0 Å². The zero-order chi connectivity index (χ0) is 8.32. The molecule has 0 aromatic carbocycles. The van der Waals surface area contributed by atoms with Gasteiger partial charge >= 0.3 is 0 Å². The van der Waals surface area contributed by atoms with Crippen LogP contribution in [0.2, 0.25) is 0 Å². The van der Waals surface area contributed by atoms with Crippen molar-refractivity contribution in [3.63, 3.8) is 0 Å². The molecule has 2 rings (SSSR count). The van der Waals surface area contributed by atoms with Crippen molar-refractivity contribution >= 4 is 0 Å². The standard InChI is InChI=1S/C9H16.C2H6/c1-2-8-4-7-9(8)5-3-6-9;1-2/h8H,2-7H2,1H3;1-2H3. The number of hydrogen-bond donors (Lipinski definition) is 0. The van der Waals surface area contributed by atoms with E-state index in [1.54, 1.807) is 19.3 Å². The van der Waals surface area contributed by atoms with E-state index >= 15 is 0 Å². The largest absolute Gasteiger partial charge is 0.0683 e. The van der Waals surface area contributed by atoms with Crippen LogP contribution in [-0.2, 0) is 0 Å². The van der Waals surface area contributed by atoms with Gasteiger partial charge in [-0.25, -0.2) is 0 Å². The Kier molecular flexibility index (Phi) is 2.98. The summed E-state index contributed by atoms with van der Waals surface area (Å²) < 4.78 is 0. The third-order valence-corrected chi connectivity index (χ3v) is 3.70. The van der Waals surface area contributed by atoms with Gasteiger partial charge in [0.1, 0.15) is 0 Å². The maximum atomic E-state index is 2.35. The summed E-state index contributed by atoms with van der Waals surface area (Å²) in [7, 11) is 0. The fraction of sp³-hybridized carbons (Fsp3) is 1.00. The smallest absolute Gasteiger partial charge is 0.0269 e. The summed E-state index contributed by atoms with van der Waals surface area (Å²) in [5, 5.41) is 0. The van der Waals surface area contributed by atoms with Gasteiger partial charge in [-0.1, -0.05) is 33.6 Å². The van der Waals surface area contributed by atoms with Crippen LogP contribution in [0.4, 0.5) is 0 Å². The quantitative estimate of drug-likeness (QED) is 0.535. The molecule has 1 atom stereocenters. The summed E-state index contributed by atoms with van der Waals surface area (Å²) >= 11 is 0. The third kappa shape index (κ3) is 1.32. The zero-order valence-electron chi connectivity index (χ0n) is 8.32. The van der Waals surface area contributed by atoms with Gasteiger partial charge in [-0.15, -0.1) is 0 Å². The molecule has 0 saturated heterocycles. The first-order valence-corrected chi connectivity index (χ1v) is 5.37. The van der Waals surface area contributed by atoms with Crippen molar-refractivity contribution < 1.29 is 0 Å². The van der Waals surface area contributed by atoms with Crippen molar-refractivity contribution in [1.29, 1.82) is 0 Å². The van der Waals surface area contributed by atoms with E-state index in [0.717, 1.165) is 11.3 Å². The Balaban J connectivity index is 0.000000281. The Hall–Kier alpha value is 0. The first kappa shape index (κ1) is 9.09. The van der Waals surface area contributed by atoms with Crippen molar-refractivity contribution in [2.45, 2.75) is 59.3 Å². The summed E-state index contributed by atoms with van der Waals surface area (Å²) in [4.78, 5) is 0. The lowest BCUT2D eigenvalue weighted by Gasteiger charge is -2.56. The topological polar surface area (TPSA) is 0 Å². The average molecular weight is 154 g/mol. The van der Waals surface area contributed by atoms with E-state index in [1.165, 1.54) is 19.3 Å². The summed E-state index contributed by atoms with van der Waals surface area (Å²) in [6.07, 6.45) is 9.19. The molecule has 0 heterocycles. The molecule has 0 heteroatoms. The zero-order valence-corrected chi connectivity index (χ0v) is 8.32. The molecule has 2 aliphatic carbocycles. The van der Waals surface area contributed by atoms with Gasteiger partial charge in [0.2, 0.25) is 0 Å². The molecule has 0 amide bonds. The van der Waals surface area contributed by atoms with E-state index in [-0.39, 0.29) is 0 Å². The minimum absolute atomic E-state index is 0.911. The predicted molar refractivity (Wildman–Crippen MR) is 50.6 cm³/mol. The normalized spacial score (nSPS) is 31.4. The van der Waals surface area contributed by atoms with E-state index in [1.807, 2.05) is 13.8 Å². The first-order valence-electron chi connectivity index (χ1n) is 5.37. The minimum Gasteiger partial charge on any atom is -0.0683 e. The minimum atomic E-state index is 0.911. The summed E-state index contributed by atoms with van der Waals surface area (Å²) in [5.74, 6) is 1.13. The van der Waals surface area contributed by atoms with Gasteiger partial charge in [-0.3, -0.25) is 0 Å². The second-order valence-electron chi connectivity index (χ2n) is 3.86. The highest BCUT2D eigenvalue weighted by atomic mass is 14.5. The average Bonchev–Trinajstić information content (AvgIpc) is 1.88. The molecule has 0 radical (unpaired) electrons. The van der Waals surface area contributed by atoms with Crippen LogP contribution >= 0.6 is 0 Å². The van der Waals surface area contributed by atoms with Gasteiger partial charge < -0.3 is 0 Å². The Morgan fingerprint density at radius 2 is 1.82 bits per heavy atom. The monoisotopic (exact) mass is 154 g/mol.